The van der Waals surface area contributed by atoms with Crippen LogP contribution in [-0.2, 0) is 0 Å². The van der Waals surface area contributed by atoms with Crippen molar-refractivity contribution >= 4 is 59.3 Å². The Bertz CT molecular complexity index is 3290. The number of hydrogen-bond donors (Lipinski definition) is 0. The lowest BCUT2D eigenvalue weighted by atomic mass is 9.91. The molecule has 0 radical (unpaired) electrons. The van der Waals surface area contributed by atoms with Crippen LogP contribution in [0.2, 0.25) is 0 Å². The van der Waals surface area contributed by atoms with Crippen LogP contribution in [0.5, 0.6) is 0 Å². The van der Waals surface area contributed by atoms with Crippen molar-refractivity contribution in [2.24, 2.45) is 0 Å². The van der Waals surface area contributed by atoms with E-state index in [-0.39, 0.29) is 0 Å². The first-order valence-corrected chi connectivity index (χ1v) is 21.3. The zero-order valence-electron chi connectivity index (χ0n) is 32.9. The second-order valence-electron chi connectivity index (χ2n) is 15.3. The van der Waals surface area contributed by atoms with Gasteiger partial charge in [-0.2, -0.15) is 0 Å². The van der Waals surface area contributed by atoms with Gasteiger partial charge in [-0.1, -0.05) is 176 Å². The van der Waals surface area contributed by atoms with Crippen LogP contribution in [0.25, 0.3) is 86.6 Å². The van der Waals surface area contributed by atoms with Crippen LogP contribution in [0, 0.1) is 0 Å². The van der Waals surface area contributed by atoms with E-state index in [1.165, 1.54) is 86.6 Å². The van der Waals surface area contributed by atoms with Gasteiger partial charge in [0, 0.05) is 37.2 Å². The second kappa shape index (κ2) is 15.3. The van der Waals surface area contributed by atoms with Crippen LogP contribution in [0.4, 0.5) is 17.1 Å². The molecule has 0 aliphatic carbocycles. The standard InChI is InChI=1S/C58H39NS/c1-3-13-41(14-4-1)53-35-29-46(38-55(53)43-15-5-2-6-16-43)40-25-31-48(32-26-40)59(49-33-27-44(28-34-49)52-23-12-18-42-17-7-8-21-51(42)52)50-20-11-19-45(37-50)47-30-36-58-56(39-47)54-22-9-10-24-57(54)60-58/h1-39H. The SMILES string of the molecule is c1ccc(-c2ccc(-c3ccc(N(c4ccc(-c5cccc6ccccc56)cc4)c4cccc(-c5ccc6sc7ccccc7c6c5)c4)cc3)cc2-c2ccccc2)cc1. The van der Waals surface area contributed by atoms with Crippen molar-refractivity contribution in [3.8, 4) is 55.6 Å². The summed E-state index contributed by atoms with van der Waals surface area (Å²) in [6.45, 7) is 0. The van der Waals surface area contributed by atoms with Crippen molar-refractivity contribution in [1.82, 2.24) is 0 Å². The van der Waals surface area contributed by atoms with E-state index in [1.807, 2.05) is 11.3 Å². The van der Waals surface area contributed by atoms with Crippen LogP contribution < -0.4 is 4.90 Å². The molecule has 0 saturated heterocycles. The monoisotopic (exact) mass is 781 g/mol. The maximum absolute atomic E-state index is 2.38. The highest BCUT2D eigenvalue weighted by molar-refractivity contribution is 7.25. The van der Waals surface area contributed by atoms with Crippen molar-refractivity contribution < 1.29 is 0 Å². The molecule has 1 aromatic heterocycles. The molecule has 0 bridgehead atoms. The highest BCUT2D eigenvalue weighted by Crippen LogP contribution is 2.42. The minimum atomic E-state index is 1.09. The molecule has 10 aromatic carbocycles. The number of fused-ring (bicyclic) bond motifs is 4. The summed E-state index contributed by atoms with van der Waals surface area (Å²) in [5.74, 6) is 0. The first-order valence-electron chi connectivity index (χ1n) is 20.5. The molecule has 0 saturated carbocycles. The minimum Gasteiger partial charge on any atom is -0.310 e. The van der Waals surface area contributed by atoms with Gasteiger partial charge in [0.05, 0.1) is 0 Å². The summed E-state index contributed by atoms with van der Waals surface area (Å²) in [5, 5.41) is 5.13. The smallest absolute Gasteiger partial charge is 0.0467 e. The summed E-state index contributed by atoms with van der Waals surface area (Å²) in [5.41, 5.74) is 15.4. The first kappa shape index (κ1) is 35.6. The molecule has 11 aromatic rings. The Morgan fingerprint density at radius 2 is 0.767 bits per heavy atom. The summed E-state index contributed by atoms with van der Waals surface area (Å²) in [7, 11) is 0. The number of thiophene rings is 1. The molecule has 0 atom stereocenters. The maximum Gasteiger partial charge on any atom is 0.0467 e. The van der Waals surface area contributed by atoms with Crippen LogP contribution in [0.1, 0.15) is 0 Å². The van der Waals surface area contributed by atoms with Crippen molar-refractivity contribution in [3.63, 3.8) is 0 Å². The van der Waals surface area contributed by atoms with Gasteiger partial charge in [-0.3, -0.25) is 0 Å². The molecule has 0 aliphatic heterocycles. The molecule has 0 unspecified atom stereocenters. The van der Waals surface area contributed by atoms with E-state index >= 15 is 0 Å². The molecule has 282 valence electrons. The van der Waals surface area contributed by atoms with Gasteiger partial charge in [-0.15, -0.1) is 11.3 Å². The Balaban J connectivity index is 1.00. The van der Waals surface area contributed by atoms with E-state index < -0.39 is 0 Å². The van der Waals surface area contributed by atoms with Crippen molar-refractivity contribution in [2.75, 3.05) is 4.90 Å². The lowest BCUT2D eigenvalue weighted by Gasteiger charge is -2.26. The van der Waals surface area contributed by atoms with Gasteiger partial charge in [-0.05, 0) is 127 Å². The molecule has 0 aliphatic rings. The minimum absolute atomic E-state index is 1.09. The van der Waals surface area contributed by atoms with Crippen LogP contribution in [0.3, 0.4) is 0 Å². The molecule has 0 spiro atoms. The summed E-state index contributed by atoms with van der Waals surface area (Å²) in [4.78, 5) is 2.38. The van der Waals surface area contributed by atoms with E-state index in [0.29, 0.717) is 0 Å². The topological polar surface area (TPSA) is 3.24 Å². The fourth-order valence-corrected chi connectivity index (χ4v) is 9.78. The summed E-state index contributed by atoms with van der Waals surface area (Å²) in [6, 6.07) is 86.1. The number of rotatable bonds is 8. The fraction of sp³-hybridized carbons (Fsp3) is 0. The highest BCUT2D eigenvalue weighted by Gasteiger charge is 2.17. The van der Waals surface area contributed by atoms with Gasteiger partial charge < -0.3 is 4.90 Å². The molecular formula is C58H39NS. The summed E-state index contributed by atoms with van der Waals surface area (Å²) in [6.07, 6.45) is 0. The quantitative estimate of drug-likeness (QED) is 0.148. The lowest BCUT2D eigenvalue weighted by Crippen LogP contribution is -2.10. The van der Waals surface area contributed by atoms with Gasteiger partial charge in [0.25, 0.3) is 0 Å². The molecule has 0 N–H and O–H groups in total. The zero-order chi connectivity index (χ0) is 39.8. The van der Waals surface area contributed by atoms with E-state index in [2.05, 4.69) is 241 Å². The summed E-state index contributed by atoms with van der Waals surface area (Å²) < 4.78 is 2.64. The molecule has 60 heavy (non-hydrogen) atoms. The average molecular weight is 782 g/mol. The summed E-state index contributed by atoms with van der Waals surface area (Å²) >= 11 is 1.86. The fourth-order valence-electron chi connectivity index (χ4n) is 8.70. The van der Waals surface area contributed by atoms with Crippen molar-refractivity contribution in [2.45, 2.75) is 0 Å². The normalized spacial score (nSPS) is 11.3. The molecular weight excluding hydrogens is 743 g/mol. The van der Waals surface area contributed by atoms with E-state index in [9.17, 15) is 0 Å². The average Bonchev–Trinajstić information content (AvgIpc) is 3.70. The Morgan fingerprint density at radius 1 is 0.250 bits per heavy atom. The van der Waals surface area contributed by atoms with Gasteiger partial charge >= 0.3 is 0 Å². The van der Waals surface area contributed by atoms with Gasteiger partial charge in [0.1, 0.15) is 0 Å². The van der Waals surface area contributed by atoms with E-state index in [0.717, 1.165) is 17.1 Å². The van der Waals surface area contributed by atoms with Gasteiger partial charge in [-0.25, -0.2) is 0 Å². The third kappa shape index (κ3) is 6.63. The van der Waals surface area contributed by atoms with Crippen LogP contribution in [-0.4, -0.2) is 0 Å². The van der Waals surface area contributed by atoms with E-state index in [1.54, 1.807) is 0 Å². The maximum atomic E-state index is 2.38. The number of nitrogens with zero attached hydrogens (tertiary/aromatic N) is 1. The number of hydrogen-bond acceptors (Lipinski definition) is 2. The van der Waals surface area contributed by atoms with Crippen molar-refractivity contribution in [1.29, 1.82) is 0 Å². The lowest BCUT2D eigenvalue weighted by molar-refractivity contribution is 1.28. The Labute approximate surface area is 354 Å². The third-order valence-electron chi connectivity index (χ3n) is 11.7. The van der Waals surface area contributed by atoms with Crippen molar-refractivity contribution in [3.05, 3.63) is 237 Å². The Kier molecular flexibility index (Phi) is 9.11. The first-order chi connectivity index (χ1) is 29.7. The van der Waals surface area contributed by atoms with Crippen LogP contribution >= 0.6 is 11.3 Å². The predicted octanol–water partition coefficient (Wildman–Crippen LogP) is 17.0. The zero-order valence-corrected chi connectivity index (χ0v) is 33.7. The third-order valence-corrected chi connectivity index (χ3v) is 12.8. The van der Waals surface area contributed by atoms with Crippen LogP contribution in [0.15, 0.2) is 237 Å². The molecule has 11 rings (SSSR count). The molecule has 0 amide bonds. The van der Waals surface area contributed by atoms with Gasteiger partial charge in [0.15, 0.2) is 0 Å². The van der Waals surface area contributed by atoms with E-state index in [4.69, 9.17) is 0 Å². The molecule has 2 heteroatoms. The molecule has 1 nitrogen and oxygen atoms in total. The second-order valence-corrected chi connectivity index (χ2v) is 16.4. The predicted molar refractivity (Wildman–Crippen MR) is 259 cm³/mol. The number of anilines is 3. The van der Waals surface area contributed by atoms with Gasteiger partial charge in [0.2, 0.25) is 0 Å². The largest absolute Gasteiger partial charge is 0.310 e. The molecule has 0 fully saturated rings. The molecule has 1 heterocycles. The number of benzene rings is 10. The highest BCUT2D eigenvalue weighted by atomic mass is 32.1. The Hall–Kier alpha value is -7.52. The Morgan fingerprint density at radius 3 is 1.53 bits per heavy atom.